The van der Waals surface area contributed by atoms with Crippen LogP contribution >= 0.6 is 12.6 Å². The fourth-order valence-corrected chi connectivity index (χ4v) is 1.35. The first kappa shape index (κ1) is 8.84. The maximum absolute atomic E-state index is 9.28. The van der Waals surface area contributed by atoms with Crippen LogP contribution in [0.25, 0.3) is 0 Å². The van der Waals surface area contributed by atoms with Gasteiger partial charge in [0.2, 0.25) is 0 Å². The largest absolute Gasteiger partial charge is 0.364 e. The highest BCUT2D eigenvalue weighted by molar-refractivity contribution is 7.81. The molecule has 0 aromatic carbocycles. The molecule has 62 valence electrons. The van der Waals surface area contributed by atoms with E-state index in [-0.39, 0.29) is 5.25 Å². The van der Waals surface area contributed by atoms with Gasteiger partial charge in [-0.1, -0.05) is 18.2 Å². The number of aliphatic hydroxyl groups is 1. The lowest BCUT2D eigenvalue weighted by atomic mass is 10.0. The van der Waals surface area contributed by atoms with Crippen LogP contribution in [-0.2, 0) is 4.74 Å². The number of methoxy groups -OCH3 is 1. The van der Waals surface area contributed by atoms with E-state index in [0.717, 1.165) is 12.0 Å². The molecular weight excluding hydrogens is 160 g/mol. The molecule has 3 heteroatoms. The molecule has 1 unspecified atom stereocenters. The second kappa shape index (κ2) is 3.95. The Hall–Kier alpha value is -0.250. The van der Waals surface area contributed by atoms with E-state index in [1.165, 1.54) is 7.11 Å². The minimum absolute atomic E-state index is 0.0925. The van der Waals surface area contributed by atoms with Crippen molar-refractivity contribution in [3.63, 3.8) is 0 Å². The lowest BCUT2D eigenvalue weighted by Crippen LogP contribution is -2.20. The van der Waals surface area contributed by atoms with Crippen molar-refractivity contribution >= 4 is 12.6 Å². The van der Waals surface area contributed by atoms with E-state index < -0.39 is 6.29 Å². The Labute approximate surface area is 72.0 Å². The van der Waals surface area contributed by atoms with Crippen LogP contribution in [0.5, 0.6) is 0 Å². The molecule has 0 aromatic heterocycles. The highest BCUT2D eigenvalue weighted by Crippen LogP contribution is 2.21. The average molecular weight is 172 g/mol. The van der Waals surface area contributed by atoms with E-state index in [2.05, 4.69) is 12.6 Å². The van der Waals surface area contributed by atoms with Crippen molar-refractivity contribution in [2.75, 3.05) is 7.11 Å². The van der Waals surface area contributed by atoms with Crippen LogP contribution < -0.4 is 0 Å². The molecule has 0 heterocycles. The first-order valence-corrected chi connectivity index (χ1v) is 4.03. The Morgan fingerprint density at radius 1 is 1.82 bits per heavy atom. The third-order valence-corrected chi connectivity index (χ3v) is 2.19. The van der Waals surface area contributed by atoms with E-state index in [9.17, 15) is 5.11 Å². The maximum atomic E-state index is 9.28. The van der Waals surface area contributed by atoms with E-state index >= 15 is 0 Å². The van der Waals surface area contributed by atoms with Gasteiger partial charge in [0.15, 0.2) is 6.29 Å². The fourth-order valence-electron chi connectivity index (χ4n) is 1.02. The third kappa shape index (κ3) is 2.09. The van der Waals surface area contributed by atoms with E-state index in [4.69, 9.17) is 4.74 Å². The number of rotatable bonds is 2. The number of hydrogen-bond acceptors (Lipinski definition) is 3. The fraction of sp³-hybridized carbons (Fsp3) is 0.500. The number of allylic oxidation sites excluding steroid dienone is 3. The lowest BCUT2D eigenvalue weighted by Gasteiger charge is -2.20. The Bertz CT molecular complexity index is 187. The summed E-state index contributed by atoms with van der Waals surface area (Å²) in [6, 6.07) is 0. The predicted molar refractivity (Wildman–Crippen MR) is 47.6 cm³/mol. The van der Waals surface area contributed by atoms with Gasteiger partial charge in [0.25, 0.3) is 0 Å². The van der Waals surface area contributed by atoms with Crippen molar-refractivity contribution in [2.24, 2.45) is 0 Å². The van der Waals surface area contributed by atoms with Gasteiger partial charge in [-0.2, -0.15) is 12.6 Å². The number of thiol groups is 1. The van der Waals surface area contributed by atoms with Gasteiger partial charge in [0.1, 0.15) is 0 Å². The van der Waals surface area contributed by atoms with Crippen molar-refractivity contribution < 1.29 is 9.84 Å². The van der Waals surface area contributed by atoms with Crippen molar-refractivity contribution in [1.29, 1.82) is 0 Å². The van der Waals surface area contributed by atoms with Crippen molar-refractivity contribution in [1.82, 2.24) is 0 Å². The molecule has 0 saturated heterocycles. The van der Waals surface area contributed by atoms with Crippen molar-refractivity contribution in [2.45, 2.75) is 18.0 Å². The first-order chi connectivity index (χ1) is 5.25. The molecule has 0 radical (unpaired) electrons. The van der Waals surface area contributed by atoms with Crippen LogP contribution in [0.1, 0.15) is 6.42 Å². The molecule has 1 N–H and O–H groups in total. The summed E-state index contributed by atoms with van der Waals surface area (Å²) in [6.07, 6.45) is 5.82. The topological polar surface area (TPSA) is 29.5 Å². The van der Waals surface area contributed by atoms with Crippen molar-refractivity contribution in [3.8, 4) is 0 Å². The third-order valence-electron chi connectivity index (χ3n) is 1.68. The smallest absolute Gasteiger partial charge is 0.178 e. The van der Waals surface area contributed by atoms with Gasteiger partial charge >= 0.3 is 0 Å². The summed E-state index contributed by atoms with van der Waals surface area (Å²) in [6.45, 7) is 0. The molecule has 2 nitrogen and oxygen atoms in total. The van der Waals surface area contributed by atoms with Crippen LogP contribution in [0.15, 0.2) is 23.8 Å². The summed E-state index contributed by atoms with van der Waals surface area (Å²) in [7, 11) is 1.48. The lowest BCUT2D eigenvalue weighted by molar-refractivity contribution is -0.0461. The van der Waals surface area contributed by atoms with Gasteiger partial charge in [0.05, 0.1) is 0 Å². The Morgan fingerprint density at radius 2 is 2.55 bits per heavy atom. The molecule has 0 bridgehead atoms. The van der Waals surface area contributed by atoms with Gasteiger partial charge in [-0.15, -0.1) is 0 Å². The normalized spacial score (nSPS) is 26.5. The average Bonchev–Trinajstić information content (AvgIpc) is 2.04. The Morgan fingerprint density at radius 3 is 3.09 bits per heavy atom. The summed E-state index contributed by atoms with van der Waals surface area (Å²) in [4.78, 5) is 0. The summed E-state index contributed by atoms with van der Waals surface area (Å²) in [5.41, 5.74) is 0.832. The quantitative estimate of drug-likeness (QED) is 0.483. The van der Waals surface area contributed by atoms with Crippen LogP contribution in [-0.4, -0.2) is 23.8 Å². The molecule has 1 rings (SSSR count). The second-order valence-electron chi connectivity index (χ2n) is 2.43. The summed E-state index contributed by atoms with van der Waals surface area (Å²) in [5.74, 6) is 0. The highest BCUT2D eigenvalue weighted by atomic mass is 32.1. The van der Waals surface area contributed by atoms with Crippen LogP contribution in [0.2, 0.25) is 0 Å². The maximum Gasteiger partial charge on any atom is 0.178 e. The number of ether oxygens (including phenoxy) is 1. The summed E-state index contributed by atoms with van der Waals surface area (Å²) < 4.78 is 4.76. The summed E-state index contributed by atoms with van der Waals surface area (Å²) >= 11 is 4.29. The second-order valence-corrected chi connectivity index (χ2v) is 3.06. The zero-order valence-electron chi connectivity index (χ0n) is 6.40. The minimum atomic E-state index is -0.803. The molecule has 11 heavy (non-hydrogen) atoms. The zero-order valence-corrected chi connectivity index (χ0v) is 7.29. The van der Waals surface area contributed by atoms with Gasteiger partial charge in [-0.3, -0.25) is 0 Å². The van der Waals surface area contributed by atoms with E-state index in [1.54, 1.807) is 0 Å². The molecular formula is C8H12O2S. The van der Waals surface area contributed by atoms with Crippen molar-refractivity contribution in [3.05, 3.63) is 23.8 Å². The van der Waals surface area contributed by atoms with E-state index in [0.29, 0.717) is 0 Å². The SMILES string of the molecule is COC(O)C1=CC=CC[C@@H]1S. The number of aliphatic hydroxyl groups excluding tert-OH is 1. The van der Waals surface area contributed by atoms with Crippen LogP contribution in [0.4, 0.5) is 0 Å². The van der Waals surface area contributed by atoms with Crippen LogP contribution in [0, 0.1) is 0 Å². The van der Waals surface area contributed by atoms with Gasteiger partial charge in [-0.25, -0.2) is 0 Å². The minimum Gasteiger partial charge on any atom is -0.364 e. The molecule has 0 saturated carbocycles. The van der Waals surface area contributed by atoms with Gasteiger partial charge < -0.3 is 9.84 Å². The highest BCUT2D eigenvalue weighted by Gasteiger charge is 2.17. The molecule has 1 aliphatic rings. The standard InChI is InChI=1S/C8H12O2S/c1-10-8(9)6-4-2-3-5-7(6)11/h2-4,7-9,11H,5H2,1H3/t7-,8?/m0/s1. The predicted octanol–water partition coefficient (Wildman–Crippen LogP) is 1.14. The van der Waals surface area contributed by atoms with Crippen LogP contribution in [0.3, 0.4) is 0 Å². The Kier molecular flexibility index (Phi) is 3.17. The summed E-state index contributed by atoms with van der Waals surface area (Å²) in [5, 5.41) is 9.37. The molecule has 0 amide bonds. The zero-order chi connectivity index (χ0) is 8.27. The first-order valence-electron chi connectivity index (χ1n) is 3.51. The Balaban J connectivity index is 2.67. The van der Waals surface area contributed by atoms with Gasteiger partial charge in [0, 0.05) is 12.4 Å². The monoisotopic (exact) mass is 172 g/mol. The molecule has 1 aliphatic carbocycles. The van der Waals surface area contributed by atoms with Gasteiger partial charge in [-0.05, 0) is 12.0 Å². The number of hydrogen-bond donors (Lipinski definition) is 2. The molecule has 0 aromatic rings. The molecule has 2 atom stereocenters. The van der Waals surface area contributed by atoms with E-state index in [1.807, 2.05) is 18.2 Å². The molecule has 0 spiro atoms. The molecule has 0 aliphatic heterocycles. The molecule has 0 fully saturated rings.